The van der Waals surface area contributed by atoms with Crippen molar-refractivity contribution in [2.75, 3.05) is 23.3 Å². The summed E-state index contributed by atoms with van der Waals surface area (Å²) in [5.74, 6) is 0.439. The van der Waals surface area contributed by atoms with Crippen LogP contribution < -0.4 is 10.2 Å². The number of pyridine rings is 1. The fourth-order valence-electron chi connectivity index (χ4n) is 4.61. The minimum atomic E-state index is -3.51. The number of sulfonamides is 1. The summed E-state index contributed by atoms with van der Waals surface area (Å²) in [7, 11) is -3.51. The molecule has 2 aromatic carbocycles. The van der Waals surface area contributed by atoms with Crippen LogP contribution in [0.2, 0.25) is 0 Å². The lowest BCUT2D eigenvalue weighted by Crippen LogP contribution is -2.33. The van der Waals surface area contributed by atoms with E-state index in [2.05, 4.69) is 10.3 Å². The van der Waals surface area contributed by atoms with Gasteiger partial charge in [0.1, 0.15) is 12.0 Å². The van der Waals surface area contributed by atoms with Crippen molar-refractivity contribution in [3.8, 4) is 0 Å². The molecule has 0 spiro atoms. The highest BCUT2D eigenvalue weighted by molar-refractivity contribution is 7.89. The van der Waals surface area contributed by atoms with Gasteiger partial charge in [0, 0.05) is 36.1 Å². The Balaban J connectivity index is 1.43. The quantitative estimate of drug-likeness (QED) is 0.576. The van der Waals surface area contributed by atoms with E-state index in [1.807, 2.05) is 43.3 Å². The number of aromatic nitrogens is 1. The van der Waals surface area contributed by atoms with Crippen LogP contribution in [-0.4, -0.2) is 36.7 Å². The Morgan fingerprint density at radius 2 is 1.62 bits per heavy atom. The number of rotatable bonds is 5. The topological polar surface area (TPSA) is 82.6 Å². The van der Waals surface area contributed by atoms with Crippen molar-refractivity contribution < 1.29 is 13.2 Å². The van der Waals surface area contributed by atoms with Gasteiger partial charge in [0.05, 0.1) is 4.90 Å². The van der Waals surface area contributed by atoms with Gasteiger partial charge in [-0.3, -0.25) is 9.69 Å². The van der Waals surface area contributed by atoms with E-state index in [0.29, 0.717) is 29.4 Å². The summed E-state index contributed by atoms with van der Waals surface area (Å²) in [5.41, 5.74) is 3.22. The first kappa shape index (κ1) is 22.6. The lowest BCUT2D eigenvalue weighted by atomic mass is 10.1. The third kappa shape index (κ3) is 4.19. The van der Waals surface area contributed by atoms with E-state index in [1.165, 1.54) is 0 Å². The molecule has 0 saturated carbocycles. The average molecular weight is 477 g/mol. The molecule has 1 amide bonds. The van der Waals surface area contributed by atoms with Crippen LogP contribution in [0, 0.1) is 6.92 Å². The van der Waals surface area contributed by atoms with Crippen LogP contribution >= 0.6 is 0 Å². The molecule has 1 fully saturated rings. The fraction of sp³-hybridized carbons (Fsp3) is 0.308. The maximum atomic E-state index is 13.2. The number of carbonyl (C=O) groups is 1. The van der Waals surface area contributed by atoms with Gasteiger partial charge in [0.15, 0.2) is 0 Å². The van der Waals surface area contributed by atoms with Crippen LogP contribution in [0.4, 0.5) is 11.5 Å². The van der Waals surface area contributed by atoms with Gasteiger partial charge in [-0.1, -0.05) is 37.1 Å². The van der Waals surface area contributed by atoms with Gasteiger partial charge >= 0.3 is 0 Å². The molecule has 0 aliphatic carbocycles. The molecule has 1 N–H and O–H groups in total. The van der Waals surface area contributed by atoms with Gasteiger partial charge in [-0.05, 0) is 61.7 Å². The van der Waals surface area contributed by atoms with Gasteiger partial charge in [-0.25, -0.2) is 13.4 Å². The van der Waals surface area contributed by atoms with Crippen LogP contribution in [-0.2, 0) is 10.0 Å². The van der Waals surface area contributed by atoms with Crippen molar-refractivity contribution in [1.29, 1.82) is 0 Å². The molecule has 0 unspecified atom stereocenters. The molecular formula is C26H28N4O3S. The molecule has 7 nitrogen and oxygen atoms in total. The number of amides is 1. The Morgan fingerprint density at radius 3 is 2.29 bits per heavy atom. The fourth-order valence-corrected chi connectivity index (χ4v) is 6.13. The third-order valence-corrected chi connectivity index (χ3v) is 8.38. The van der Waals surface area contributed by atoms with Crippen molar-refractivity contribution in [3.05, 3.63) is 83.6 Å². The van der Waals surface area contributed by atoms with E-state index in [1.54, 1.807) is 39.7 Å². The van der Waals surface area contributed by atoms with Crippen LogP contribution in [0.5, 0.6) is 0 Å². The lowest BCUT2D eigenvalue weighted by Gasteiger charge is -2.26. The summed E-state index contributed by atoms with van der Waals surface area (Å²) in [6.07, 6.45) is 5.23. The van der Waals surface area contributed by atoms with E-state index in [9.17, 15) is 13.2 Å². The van der Waals surface area contributed by atoms with Crippen molar-refractivity contribution >= 4 is 27.4 Å². The minimum absolute atomic E-state index is 0.121. The first-order valence-corrected chi connectivity index (χ1v) is 13.1. The number of benzene rings is 2. The number of hydrogen-bond donors (Lipinski definition) is 1. The molecule has 0 bridgehead atoms. The molecule has 2 aliphatic heterocycles. The maximum Gasteiger partial charge on any atom is 0.261 e. The van der Waals surface area contributed by atoms with Gasteiger partial charge in [0.25, 0.3) is 5.91 Å². The van der Waals surface area contributed by atoms with Crippen molar-refractivity contribution in [2.24, 2.45) is 0 Å². The number of fused-ring (bicyclic) bond motifs is 1. The number of nitrogens with one attached hydrogen (secondary N) is 1. The van der Waals surface area contributed by atoms with E-state index in [4.69, 9.17) is 0 Å². The van der Waals surface area contributed by atoms with Gasteiger partial charge in [-0.15, -0.1) is 0 Å². The highest BCUT2D eigenvalue weighted by Crippen LogP contribution is 2.37. The Labute approximate surface area is 200 Å². The lowest BCUT2D eigenvalue weighted by molar-refractivity contribution is 0.0992. The normalized spacial score (nSPS) is 19.0. The summed E-state index contributed by atoms with van der Waals surface area (Å²) >= 11 is 0. The summed E-state index contributed by atoms with van der Waals surface area (Å²) < 4.78 is 27.8. The van der Waals surface area contributed by atoms with E-state index in [0.717, 1.165) is 42.5 Å². The maximum absolute atomic E-state index is 13.2. The number of anilines is 2. The van der Waals surface area contributed by atoms with E-state index < -0.39 is 16.2 Å². The van der Waals surface area contributed by atoms with E-state index >= 15 is 0 Å². The second kappa shape index (κ2) is 9.19. The Kier molecular flexibility index (Phi) is 6.10. The molecule has 0 radical (unpaired) electrons. The van der Waals surface area contributed by atoms with E-state index in [-0.39, 0.29) is 5.91 Å². The monoisotopic (exact) mass is 476 g/mol. The molecule has 3 aromatic rings. The molecule has 176 valence electrons. The number of hydrogen-bond acceptors (Lipinski definition) is 5. The predicted molar refractivity (Wildman–Crippen MR) is 132 cm³/mol. The molecule has 2 aliphatic rings. The first-order valence-electron chi connectivity index (χ1n) is 11.7. The number of aryl methyl sites for hydroxylation is 1. The Bertz CT molecular complexity index is 1280. The van der Waals surface area contributed by atoms with Crippen LogP contribution in [0.25, 0.3) is 0 Å². The van der Waals surface area contributed by atoms with Crippen molar-refractivity contribution in [2.45, 2.75) is 43.7 Å². The summed E-state index contributed by atoms with van der Waals surface area (Å²) in [4.78, 5) is 19.6. The minimum Gasteiger partial charge on any atom is -0.361 e. The second-order valence-corrected chi connectivity index (χ2v) is 10.8. The molecule has 8 heteroatoms. The van der Waals surface area contributed by atoms with Crippen molar-refractivity contribution in [3.63, 3.8) is 0 Å². The standard InChI is InChI=1S/C26H28N4O3S/c1-19-10-15-24(27-18-19)30-25(22-8-4-5-9-23(22)26(30)31)28-20-11-13-21(14-12-20)34(32,33)29-16-6-2-3-7-17-29/h4-5,8-15,18,25,28H,2-3,6-7,16-17H2,1H3/t25-/m1/s1. The van der Waals surface area contributed by atoms with Gasteiger partial charge in [-0.2, -0.15) is 4.31 Å². The Hall–Kier alpha value is -3.23. The molecule has 1 aromatic heterocycles. The van der Waals surface area contributed by atoms with Crippen LogP contribution in [0.15, 0.2) is 71.8 Å². The third-order valence-electron chi connectivity index (χ3n) is 6.47. The number of carbonyl (C=O) groups excluding carboxylic acids is 1. The highest BCUT2D eigenvalue weighted by Gasteiger charge is 2.38. The Morgan fingerprint density at radius 1 is 0.912 bits per heavy atom. The molecule has 5 rings (SSSR count). The van der Waals surface area contributed by atoms with Gasteiger partial charge in [0.2, 0.25) is 10.0 Å². The zero-order valence-electron chi connectivity index (χ0n) is 19.1. The van der Waals surface area contributed by atoms with Crippen molar-refractivity contribution in [1.82, 2.24) is 9.29 Å². The molecule has 3 heterocycles. The molecule has 1 saturated heterocycles. The zero-order chi connectivity index (χ0) is 23.7. The number of nitrogens with zero attached hydrogens (tertiary/aromatic N) is 3. The largest absolute Gasteiger partial charge is 0.361 e. The van der Waals surface area contributed by atoms with Gasteiger partial charge < -0.3 is 5.32 Å². The second-order valence-electron chi connectivity index (χ2n) is 8.85. The molecule has 34 heavy (non-hydrogen) atoms. The predicted octanol–water partition coefficient (Wildman–Crippen LogP) is 4.73. The summed E-state index contributed by atoms with van der Waals surface area (Å²) in [5, 5.41) is 3.42. The highest BCUT2D eigenvalue weighted by atomic mass is 32.2. The average Bonchev–Trinajstić information content (AvgIpc) is 3.02. The van der Waals surface area contributed by atoms with Crippen LogP contribution in [0.3, 0.4) is 0 Å². The SMILES string of the molecule is Cc1ccc(N2C(=O)c3ccccc3[C@@H]2Nc2ccc(S(=O)(=O)N3CCCCCC3)cc2)nc1. The zero-order valence-corrected chi connectivity index (χ0v) is 20.0. The smallest absolute Gasteiger partial charge is 0.261 e. The first-order chi connectivity index (χ1) is 16.4. The molecule has 1 atom stereocenters. The molecular weight excluding hydrogens is 448 g/mol. The summed E-state index contributed by atoms with van der Waals surface area (Å²) in [6, 6.07) is 18.1. The van der Waals surface area contributed by atoms with Crippen LogP contribution in [0.1, 0.15) is 53.3 Å². The summed E-state index contributed by atoms with van der Waals surface area (Å²) in [6.45, 7) is 3.10.